The van der Waals surface area contributed by atoms with Crippen LogP contribution in [0.2, 0.25) is 0 Å². The molecule has 5 fully saturated rings. The van der Waals surface area contributed by atoms with Crippen LogP contribution in [-0.2, 0) is 11.3 Å². The Kier molecular flexibility index (Phi) is 3.53. The minimum atomic E-state index is -0.705. The molecule has 0 spiro atoms. The molecule has 26 heavy (non-hydrogen) atoms. The Hall–Kier alpha value is -1.49. The van der Waals surface area contributed by atoms with Gasteiger partial charge in [0.05, 0.1) is 12.6 Å². The summed E-state index contributed by atoms with van der Waals surface area (Å²) >= 11 is 0. The van der Waals surface area contributed by atoms with Gasteiger partial charge in [-0.05, 0) is 81.8 Å². The molecule has 0 radical (unpaired) electrons. The van der Waals surface area contributed by atoms with Gasteiger partial charge in [-0.15, -0.1) is 0 Å². The molecule has 0 N–H and O–H groups in total. The summed E-state index contributed by atoms with van der Waals surface area (Å²) < 4.78 is 28.4. The van der Waals surface area contributed by atoms with Crippen LogP contribution in [0.15, 0.2) is 18.2 Å². The molecule has 0 unspecified atom stereocenters. The van der Waals surface area contributed by atoms with Crippen LogP contribution in [0, 0.1) is 35.3 Å². The van der Waals surface area contributed by atoms with E-state index in [1.165, 1.54) is 50.3 Å². The number of amides is 1. The Labute approximate surface area is 153 Å². The third-order valence-electron chi connectivity index (χ3n) is 7.47. The lowest BCUT2D eigenvalue weighted by Crippen LogP contribution is -2.79. The highest BCUT2D eigenvalue weighted by atomic mass is 19.1. The van der Waals surface area contributed by atoms with Gasteiger partial charge in [0.25, 0.3) is 5.91 Å². The molecule has 1 aromatic rings. The number of hydrogen-bond acceptors (Lipinski definition) is 2. The second kappa shape index (κ2) is 5.51. The summed E-state index contributed by atoms with van der Waals surface area (Å²) in [5.41, 5.74) is -0.648. The summed E-state index contributed by atoms with van der Waals surface area (Å²) in [6.07, 6.45) is 6.21. The molecule has 1 aromatic carbocycles. The van der Waals surface area contributed by atoms with Crippen molar-refractivity contribution in [1.29, 1.82) is 0 Å². The highest BCUT2D eigenvalue weighted by Gasteiger charge is 2.60. The fourth-order valence-electron chi connectivity index (χ4n) is 6.42. The van der Waals surface area contributed by atoms with Crippen molar-refractivity contribution in [3.8, 4) is 0 Å². The van der Waals surface area contributed by atoms with Crippen LogP contribution in [0.1, 0.15) is 51.5 Å². The van der Waals surface area contributed by atoms with Crippen molar-refractivity contribution < 1.29 is 13.6 Å². The lowest BCUT2D eigenvalue weighted by Gasteiger charge is -2.65. The zero-order valence-corrected chi connectivity index (χ0v) is 15.4. The smallest absolute Gasteiger partial charge is 0.258 e. The second-order valence-electron chi connectivity index (χ2n) is 9.39. The predicted octanol–water partition coefficient (Wildman–Crippen LogP) is 4.13. The van der Waals surface area contributed by atoms with E-state index in [-0.39, 0.29) is 24.1 Å². The molecule has 3 nitrogen and oxygen atoms in total. The van der Waals surface area contributed by atoms with Gasteiger partial charge in [0.1, 0.15) is 17.2 Å². The minimum Gasteiger partial charge on any atom is -0.271 e. The molecule has 4 aliphatic carbocycles. The van der Waals surface area contributed by atoms with E-state index >= 15 is 0 Å². The van der Waals surface area contributed by atoms with E-state index in [1.54, 1.807) is 0 Å². The maximum Gasteiger partial charge on any atom is 0.258 e. The molecular weight excluding hydrogens is 334 g/mol. The van der Waals surface area contributed by atoms with Crippen LogP contribution in [0.4, 0.5) is 8.78 Å². The van der Waals surface area contributed by atoms with E-state index in [9.17, 15) is 13.6 Å². The molecule has 0 aromatic heterocycles. The highest BCUT2D eigenvalue weighted by Crippen LogP contribution is 2.57. The highest BCUT2D eigenvalue weighted by molar-refractivity contribution is 5.90. The lowest BCUT2D eigenvalue weighted by molar-refractivity contribution is -0.252. The number of carbonyl (C=O) groups is 1. The van der Waals surface area contributed by atoms with Crippen molar-refractivity contribution in [3.63, 3.8) is 0 Å². The molecule has 1 saturated heterocycles. The number of nitrogens with zero attached hydrogens (tertiary/aromatic N) is 2. The fourth-order valence-corrected chi connectivity index (χ4v) is 6.42. The second-order valence-corrected chi connectivity index (χ2v) is 9.39. The van der Waals surface area contributed by atoms with Gasteiger partial charge in [-0.2, -0.15) is 5.01 Å². The molecule has 4 bridgehead atoms. The number of hydrazine groups is 1. The summed E-state index contributed by atoms with van der Waals surface area (Å²) in [7, 11) is 0. The number of halogens is 2. The summed E-state index contributed by atoms with van der Waals surface area (Å²) in [5, 5.41) is 3.81. The lowest BCUT2D eigenvalue weighted by atomic mass is 9.53. The van der Waals surface area contributed by atoms with Crippen LogP contribution in [0.5, 0.6) is 0 Å². The third kappa shape index (κ3) is 2.22. The van der Waals surface area contributed by atoms with Crippen LogP contribution < -0.4 is 0 Å². The van der Waals surface area contributed by atoms with Gasteiger partial charge in [0, 0.05) is 5.56 Å². The first kappa shape index (κ1) is 16.7. The van der Waals surface area contributed by atoms with Gasteiger partial charge >= 0.3 is 0 Å². The quantitative estimate of drug-likeness (QED) is 0.809. The summed E-state index contributed by atoms with van der Waals surface area (Å²) in [5.74, 6) is 1.80. The Morgan fingerprint density at radius 2 is 1.54 bits per heavy atom. The zero-order valence-electron chi connectivity index (χ0n) is 15.4. The first-order valence-corrected chi connectivity index (χ1v) is 9.90. The van der Waals surface area contributed by atoms with E-state index < -0.39 is 17.2 Å². The van der Waals surface area contributed by atoms with Crippen LogP contribution in [-0.4, -0.2) is 27.5 Å². The van der Waals surface area contributed by atoms with Gasteiger partial charge in [0.15, 0.2) is 0 Å². The fraction of sp³-hybridized carbons (Fsp3) is 0.667. The minimum absolute atomic E-state index is 0.0573. The average molecular weight is 360 g/mol. The molecule has 4 saturated carbocycles. The monoisotopic (exact) mass is 360 g/mol. The molecule has 1 aliphatic heterocycles. The van der Waals surface area contributed by atoms with Crippen LogP contribution in [0.3, 0.4) is 0 Å². The Balaban J connectivity index is 1.45. The predicted molar refractivity (Wildman–Crippen MR) is 93.7 cm³/mol. The van der Waals surface area contributed by atoms with E-state index in [1.807, 2.05) is 23.9 Å². The normalized spacial score (nSPS) is 37.9. The summed E-state index contributed by atoms with van der Waals surface area (Å²) in [6.45, 7) is 3.83. The van der Waals surface area contributed by atoms with Crippen molar-refractivity contribution in [2.24, 2.45) is 23.7 Å². The van der Waals surface area contributed by atoms with Crippen molar-refractivity contribution in [2.75, 3.05) is 0 Å². The first-order valence-electron chi connectivity index (χ1n) is 9.90. The Morgan fingerprint density at radius 1 is 1.00 bits per heavy atom. The third-order valence-corrected chi connectivity index (χ3v) is 7.47. The number of benzene rings is 1. The number of rotatable bonds is 3. The van der Waals surface area contributed by atoms with Crippen LogP contribution in [0.25, 0.3) is 0 Å². The molecule has 140 valence electrons. The molecule has 1 heterocycles. The van der Waals surface area contributed by atoms with Crippen molar-refractivity contribution >= 4 is 5.91 Å². The molecule has 6 rings (SSSR count). The number of carbonyl (C=O) groups excluding carboxylic acids is 1. The molecule has 1 amide bonds. The van der Waals surface area contributed by atoms with E-state index in [0.29, 0.717) is 11.8 Å². The first-order chi connectivity index (χ1) is 12.4. The van der Waals surface area contributed by atoms with Crippen molar-refractivity contribution in [3.05, 3.63) is 35.4 Å². The van der Waals surface area contributed by atoms with Gasteiger partial charge in [-0.1, -0.05) is 6.07 Å². The topological polar surface area (TPSA) is 23.6 Å². The molecular formula is C21H26F2N2O. The standard InChI is InChI=1S/C21H26F2N2O/c1-21(2)20(26)25(24(21)11-16-17(22)4-3-5-18(16)23)19-14-7-12-6-13(9-14)10-15(19)8-12/h3-5,12-15,19H,6-11H2,1-2H3. The maximum absolute atomic E-state index is 14.2. The average Bonchev–Trinajstić information content (AvgIpc) is 2.58. The Bertz CT molecular complexity index is 714. The zero-order chi connectivity index (χ0) is 18.2. The molecule has 0 atom stereocenters. The van der Waals surface area contributed by atoms with Crippen LogP contribution >= 0.6 is 0 Å². The largest absolute Gasteiger partial charge is 0.271 e. The maximum atomic E-state index is 14.2. The van der Waals surface area contributed by atoms with E-state index in [4.69, 9.17) is 0 Å². The van der Waals surface area contributed by atoms with Crippen molar-refractivity contribution in [2.45, 2.75) is 64.1 Å². The SMILES string of the molecule is CC1(C)C(=O)N(C2C3CC4CC(C3)CC2C4)N1Cc1c(F)cccc1F. The Morgan fingerprint density at radius 3 is 2.08 bits per heavy atom. The summed E-state index contributed by atoms with van der Waals surface area (Å²) in [6, 6.07) is 4.19. The van der Waals surface area contributed by atoms with Gasteiger partial charge in [-0.3, -0.25) is 9.80 Å². The van der Waals surface area contributed by atoms with Gasteiger partial charge in [-0.25, -0.2) is 8.78 Å². The van der Waals surface area contributed by atoms with Gasteiger partial charge in [0.2, 0.25) is 0 Å². The summed E-state index contributed by atoms with van der Waals surface area (Å²) in [4.78, 5) is 13.0. The molecule has 5 heteroatoms. The van der Waals surface area contributed by atoms with Crippen molar-refractivity contribution in [1.82, 2.24) is 10.0 Å². The molecule has 5 aliphatic rings. The van der Waals surface area contributed by atoms with E-state index in [2.05, 4.69) is 0 Å². The van der Waals surface area contributed by atoms with Gasteiger partial charge < -0.3 is 0 Å². The number of hydrogen-bond donors (Lipinski definition) is 0. The van der Waals surface area contributed by atoms with E-state index in [0.717, 1.165) is 11.8 Å².